The van der Waals surface area contributed by atoms with E-state index in [4.69, 9.17) is 15.9 Å². The van der Waals surface area contributed by atoms with Gasteiger partial charge in [-0.1, -0.05) is 0 Å². The van der Waals surface area contributed by atoms with Gasteiger partial charge in [0.1, 0.15) is 26.1 Å². The Kier molecular flexibility index (Phi) is 15.7. The van der Waals surface area contributed by atoms with E-state index in [9.17, 15) is 34.2 Å². The number of carbonyl (C=O) groups is 2. The van der Waals surface area contributed by atoms with E-state index in [1.807, 2.05) is 0 Å². The number of hydrogen-bond donors (Lipinski definition) is 5. The van der Waals surface area contributed by atoms with Crippen LogP contribution in [0.2, 0.25) is 0 Å². The number of aliphatic hydroxyl groups excluding tert-OH is 4. The van der Waals surface area contributed by atoms with Gasteiger partial charge in [-0.25, -0.2) is 4.79 Å². The molecule has 0 spiro atoms. The Morgan fingerprint density at radius 2 is 1.68 bits per heavy atom. The number of phosphoric ester groups is 1. The van der Waals surface area contributed by atoms with Crippen LogP contribution in [-0.2, 0) is 18.7 Å². The molecule has 0 aliphatic carbocycles. The first-order valence-electron chi connectivity index (χ1n) is 5.09. The maximum Gasteiger partial charge on any atom is 1.00 e. The van der Waals surface area contributed by atoms with Crippen LogP contribution in [0, 0.1) is 0 Å². The number of hydrogen-bond acceptors (Lipinski definition) is 11. The number of aliphatic hydroxyl groups is 4. The molecule has 6 N–H and O–H groups in total. The van der Waals surface area contributed by atoms with Gasteiger partial charge < -0.3 is 45.0 Å². The van der Waals surface area contributed by atoms with E-state index < -0.39 is 50.0 Å². The van der Waals surface area contributed by atoms with Gasteiger partial charge in [0.25, 0.3) is 0 Å². The fraction of sp³-hybridized carbons (Fsp3) is 0.750. The maximum atomic E-state index is 11.4. The van der Waals surface area contributed by atoms with Gasteiger partial charge >= 0.3 is 109 Å². The van der Waals surface area contributed by atoms with Gasteiger partial charge in [-0.3, -0.25) is 4.79 Å². The van der Waals surface area contributed by atoms with Gasteiger partial charge in [-0.05, 0) is 6.92 Å². The van der Waals surface area contributed by atoms with Crippen molar-refractivity contribution in [3.05, 3.63) is 0 Å². The summed E-state index contributed by atoms with van der Waals surface area (Å²) >= 11 is 0. The molecule has 0 bridgehead atoms. The minimum Gasteiger partial charge on any atom is -0.780 e. The summed E-state index contributed by atoms with van der Waals surface area (Å²) in [6.07, 6.45) is -6.79. The smallest absolute Gasteiger partial charge is 0.780 e. The molecule has 0 aromatic heterocycles. The molecule has 0 aromatic rings. The number of carbonyl (C=O) groups excluding carboxylic acids is 2. The Morgan fingerprint density at radius 1 is 1.27 bits per heavy atom. The topological polar surface area (TPSA) is 213 Å². The molecule has 118 valence electrons. The van der Waals surface area contributed by atoms with Gasteiger partial charge in [0.05, 0.1) is 6.61 Å². The molecule has 11 nitrogen and oxygen atoms in total. The zero-order valence-electron chi connectivity index (χ0n) is 12.2. The first kappa shape index (κ1) is 29.1. The van der Waals surface area contributed by atoms with Gasteiger partial charge in [0.15, 0.2) is 5.78 Å². The average molecular weight is 393 g/mol. The Bertz CT molecular complexity index is 431. The number of Topliss-reactive ketones (excluding diaryl/α,β-unsaturated/α-hetero) is 1. The predicted molar refractivity (Wildman–Crippen MR) is 56.4 cm³/mol. The molecule has 0 rings (SSSR count). The third kappa shape index (κ3) is 8.16. The Balaban J connectivity index is -0.00000180. The molecule has 0 aliphatic rings. The van der Waals surface area contributed by atoms with Crippen molar-refractivity contribution >= 4 is 19.6 Å². The molecule has 0 aliphatic heterocycles. The monoisotopic (exact) mass is 393 g/mol. The fourth-order valence-corrected chi connectivity index (χ4v) is 1.59. The zero-order chi connectivity index (χ0) is 16.3. The summed E-state index contributed by atoms with van der Waals surface area (Å²) in [6, 6.07) is 0. The van der Waals surface area contributed by atoms with Crippen molar-refractivity contribution in [2.45, 2.75) is 30.8 Å². The van der Waals surface area contributed by atoms with Gasteiger partial charge in [0, 0.05) is 0 Å². The number of nitrogens with two attached hydrogens (primary N) is 1. The van der Waals surface area contributed by atoms with Crippen molar-refractivity contribution in [2.75, 3.05) is 6.61 Å². The zero-order valence-corrected chi connectivity index (χ0v) is 19.3. The molecule has 0 heterocycles. The summed E-state index contributed by atoms with van der Waals surface area (Å²) in [7, 11) is -5.84. The Labute approximate surface area is 210 Å². The fourth-order valence-electron chi connectivity index (χ4n) is 1.24. The van der Waals surface area contributed by atoms with Gasteiger partial charge in [-0.2, -0.15) is 0 Å². The van der Waals surface area contributed by atoms with E-state index in [1.54, 1.807) is 0 Å². The van der Waals surface area contributed by atoms with E-state index in [0.29, 0.717) is 6.92 Å². The predicted octanol–water partition coefficient (Wildman–Crippen LogP) is -11.3. The van der Waals surface area contributed by atoms with Crippen LogP contribution in [0.1, 0.15) is 6.92 Å². The van der Waals surface area contributed by atoms with Crippen LogP contribution in [0.25, 0.3) is 0 Å². The van der Waals surface area contributed by atoms with Crippen LogP contribution in [0.3, 0.4) is 0 Å². The molecule has 0 amide bonds. The largest absolute Gasteiger partial charge is 1.00 e. The summed E-state index contributed by atoms with van der Waals surface area (Å²) in [5, 5.41) is 36.7. The number of phosphoric acid groups is 1. The SMILES string of the molecule is CC(=O)[C@](N)(C(=O)OP(=O)([O-])[O-])[C@@H](O)[C@H](O)[C@H](O)CO.[K+].[K+]. The molecule has 22 heavy (non-hydrogen) atoms. The molecular formula is C8H14K2NO10P. The standard InChI is InChI=1S/C8H16NO10P.2K/c1-3(11)8(9,7(15)19-20(16,17)18)6(14)5(13)4(12)2-10;;/h4-6,10,12-14H,2,9H2,1H3,(H2,16,17,18);;/q;2*+1/p-2/t4-,5-,6+,8-;;/m1../s1. The average Bonchev–Trinajstić information content (AvgIpc) is 2.32. The third-order valence-corrected chi connectivity index (χ3v) is 2.88. The van der Waals surface area contributed by atoms with E-state index >= 15 is 0 Å². The minimum absolute atomic E-state index is 0. The normalized spacial score (nSPS) is 17.8. The van der Waals surface area contributed by atoms with Crippen molar-refractivity contribution in [1.29, 1.82) is 0 Å². The molecular weight excluding hydrogens is 379 g/mol. The van der Waals surface area contributed by atoms with E-state index in [1.165, 1.54) is 0 Å². The summed E-state index contributed by atoms with van der Waals surface area (Å²) < 4.78 is 13.7. The van der Waals surface area contributed by atoms with Crippen molar-refractivity contribution in [3.63, 3.8) is 0 Å². The number of ketones is 1. The number of rotatable bonds is 7. The molecule has 4 atom stereocenters. The second kappa shape index (κ2) is 11.9. The van der Waals surface area contributed by atoms with Crippen molar-refractivity contribution < 1.29 is 152 Å². The van der Waals surface area contributed by atoms with Crippen LogP contribution < -0.4 is 118 Å². The van der Waals surface area contributed by atoms with E-state index in [-0.39, 0.29) is 103 Å². The van der Waals surface area contributed by atoms with Crippen LogP contribution in [0.15, 0.2) is 0 Å². The van der Waals surface area contributed by atoms with Gasteiger partial charge in [-0.15, -0.1) is 0 Å². The second-order valence-corrected chi connectivity index (χ2v) is 5.01. The van der Waals surface area contributed by atoms with Crippen LogP contribution >= 0.6 is 7.82 Å². The Hall–Kier alpha value is 2.36. The molecule has 0 saturated heterocycles. The van der Waals surface area contributed by atoms with Crippen molar-refractivity contribution in [2.24, 2.45) is 5.73 Å². The quantitative estimate of drug-likeness (QED) is 0.155. The van der Waals surface area contributed by atoms with Crippen molar-refractivity contribution in [1.82, 2.24) is 0 Å². The van der Waals surface area contributed by atoms with E-state index in [0.717, 1.165) is 0 Å². The summed E-state index contributed by atoms with van der Waals surface area (Å²) in [5.41, 5.74) is 2.09. The minimum atomic E-state index is -5.84. The Morgan fingerprint density at radius 3 is 1.95 bits per heavy atom. The van der Waals surface area contributed by atoms with Gasteiger partial charge in [0.2, 0.25) is 5.54 Å². The summed E-state index contributed by atoms with van der Waals surface area (Å²) in [4.78, 5) is 43.4. The first-order chi connectivity index (χ1) is 8.87. The van der Waals surface area contributed by atoms with E-state index in [2.05, 4.69) is 4.52 Å². The third-order valence-electron chi connectivity index (χ3n) is 2.49. The maximum absolute atomic E-state index is 11.4. The van der Waals surface area contributed by atoms with Crippen molar-refractivity contribution in [3.8, 4) is 0 Å². The summed E-state index contributed by atoms with van der Waals surface area (Å²) in [5.74, 6) is -3.46. The molecule has 0 aromatic carbocycles. The van der Waals surface area contributed by atoms with Crippen LogP contribution in [-0.4, -0.2) is 62.6 Å². The molecule has 14 heteroatoms. The van der Waals surface area contributed by atoms with Crippen LogP contribution in [0.5, 0.6) is 0 Å². The second-order valence-electron chi connectivity index (χ2n) is 3.94. The molecule has 0 fully saturated rings. The molecule has 0 saturated carbocycles. The summed E-state index contributed by atoms with van der Waals surface area (Å²) in [6.45, 7) is -0.397. The van der Waals surface area contributed by atoms with Crippen LogP contribution in [0.4, 0.5) is 0 Å². The molecule has 0 unspecified atom stereocenters. The first-order valence-corrected chi connectivity index (χ1v) is 6.55. The molecule has 0 radical (unpaired) electrons.